The number of rotatable bonds is 3. The van der Waals surface area contributed by atoms with Gasteiger partial charge in [-0.05, 0) is 30.5 Å². The molecule has 0 saturated carbocycles. The van der Waals surface area contributed by atoms with Crippen LogP contribution >= 0.6 is 12.2 Å². The van der Waals surface area contributed by atoms with Crippen LogP contribution in [0.25, 0.3) is 0 Å². The number of anilines is 1. The van der Waals surface area contributed by atoms with Gasteiger partial charge >= 0.3 is 0 Å². The van der Waals surface area contributed by atoms with Gasteiger partial charge < -0.3 is 14.5 Å². The standard InChI is InChI=1S/C19H28N2OS/c23-19(21-12-14-22-15-13-21)16-17-6-8-18(9-7-17)20-10-4-2-1-3-5-11-20/h6-9H,1-5,10-16H2. The first kappa shape index (κ1) is 16.7. The van der Waals surface area contributed by atoms with E-state index in [9.17, 15) is 0 Å². The monoisotopic (exact) mass is 332 g/mol. The van der Waals surface area contributed by atoms with Crippen LogP contribution in [0.15, 0.2) is 24.3 Å². The lowest BCUT2D eigenvalue weighted by molar-refractivity contribution is 0.0685. The van der Waals surface area contributed by atoms with E-state index in [4.69, 9.17) is 17.0 Å². The van der Waals surface area contributed by atoms with Gasteiger partial charge in [-0.25, -0.2) is 0 Å². The van der Waals surface area contributed by atoms with Crippen molar-refractivity contribution in [1.82, 2.24) is 4.90 Å². The average molecular weight is 333 g/mol. The van der Waals surface area contributed by atoms with Gasteiger partial charge in [-0.2, -0.15) is 0 Å². The zero-order chi connectivity index (χ0) is 15.9. The summed E-state index contributed by atoms with van der Waals surface area (Å²) in [6.45, 7) is 5.87. The van der Waals surface area contributed by atoms with Gasteiger partial charge in [0.15, 0.2) is 0 Å². The fourth-order valence-corrected chi connectivity index (χ4v) is 3.78. The van der Waals surface area contributed by atoms with E-state index in [-0.39, 0.29) is 0 Å². The fourth-order valence-electron chi connectivity index (χ4n) is 3.43. The van der Waals surface area contributed by atoms with Crippen molar-refractivity contribution in [3.8, 4) is 0 Å². The molecule has 2 aliphatic heterocycles. The van der Waals surface area contributed by atoms with Gasteiger partial charge in [0.2, 0.25) is 0 Å². The minimum absolute atomic E-state index is 0.800. The van der Waals surface area contributed by atoms with E-state index in [0.29, 0.717) is 0 Å². The van der Waals surface area contributed by atoms with Crippen molar-refractivity contribution in [2.45, 2.75) is 38.5 Å². The molecule has 1 aromatic carbocycles. The third-order valence-corrected chi connectivity index (χ3v) is 5.28. The highest BCUT2D eigenvalue weighted by Gasteiger charge is 2.14. The Balaban J connectivity index is 1.56. The van der Waals surface area contributed by atoms with Crippen LogP contribution in [0.2, 0.25) is 0 Å². The maximum Gasteiger partial charge on any atom is 0.0825 e. The summed E-state index contributed by atoms with van der Waals surface area (Å²) in [7, 11) is 0. The van der Waals surface area contributed by atoms with Crippen molar-refractivity contribution in [3.05, 3.63) is 29.8 Å². The van der Waals surface area contributed by atoms with Crippen LogP contribution < -0.4 is 4.90 Å². The molecule has 2 saturated heterocycles. The van der Waals surface area contributed by atoms with Crippen LogP contribution in [-0.2, 0) is 11.2 Å². The molecule has 3 nitrogen and oxygen atoms in total. The molecule has 0 N–H and O–H groups in total. The average Bonchev–Trinajstić information content (AvgIpc) is 2.56. The molecule has 0 aliphatic carbocycles. The molecular weight excluding hydrogens is 304 g/mol. The van der Waals surface area contributed by atoms with Crippen LogP contribution in [0.3, 0.4) is 0 Å². The molecule has 3 rings (SSSR count). The number of benzene rings is 1. The summed E-state index contributed by atoms with van der Waals surface area (Å²) in [6.07, 6.45) is 7.68. The Kier molecular flexibility index (Phi) is 6.29. The number of hydrogen-bond donors (Lipinski definition) is 0. The first-order chi connectivity index (χ1) is 11.3. The maximum absolute atomic E-state index is 5.61. The highest BCUT2D eigenvalue weighted by atomic mass is 32.1. The quantitative estimate of drug-likeness (QED) is 0.785. The third kappa shape index (κ3) is 4.92. The molecule has 0 radical (unpaired) electrons. The number of nitrogens with zero attached hydrogens (tertiary/aromatic N) is 2. The molecule has 4 heteroatoms. The van der Waals surface area contributed by atoms with Gasteiger partial charge in [-0.15, -0.1) is 0 Å². The molecule has 2 heterocycles. The molecule has 0 unspecified atom stereocenters. The number of ether oxygens (including phenoxy) is 1. The van der Waals surface area contributed by atoms with Gasteiger partial charge in [0.25, 0.3) is 0 Å². The van der Waals surface area contributed by atoms with Gasteiger partial charge in [0.1, 0.15) is 0 Å². The van der Waals surface area contributed by atoms with Crippen molar-refractivity contribution in [2.75, 3.05) is 44.3 Å². The molecular formula is C19H28N2OS. The molecule has 2 aliphatic rings. The van der Waals surface area contributed by atoms with Crippen LogP contribution in [0.5, 0.6) is 0 Å². The minimum atomic E-state index is 0.800. The Hall–Kier alpha value is -1.13. The van der Waals surface area contributed by atoms with E-state index in [0.717, 1.165) is 37.7 Å². The number of hydrogen-bond acceptors (Lipinski definition) is 3. The van der Waals surface area contributed by atoms with Crippen molar-refractivity contribution in [2.24, 2.45) is 0 Å². The second kappa shape index (κ2) is 8.65. The molecule has 2 fully saturated rings. The fraction of sp³-hybridized carbons (Fsp3) is 0.632. The summed E-state index contributed by atoms with van der Waals surface area (Å²) < 4.78 is 5.40. The van der Waals surface area contributed by atoms with Gasteiger partial charge in [0, 0.05) is 38.3 Å². The first-order valence-electron chi connectivity index (χ1n) is 9.02. The molecule has 0 amide bonds. The van der Waals surface area contributed by atoms with Crippen molar-refractivity contribution in [3.63, 3.8) is 0 Å². The smallest absolute Gasteiger partial charge is 0.0825 e. The van der Waals surface area contributed by atoms with E-state index in [1.807, 2.05) is 0 Å². The van der Waals surface area contributed by atoms with E-state index in [1.54, 1.807) is 0 Å². The SMILES string of the molecule is S=C(Cc1ccc(N2CCCCCCC2)cc1)N1CCOCC1. The Morgan fingerprint density at radius 3 is 2.13 bits per heavy atom. The Morgan fingerprint density at radius 1 is 0.870 bits per heavy atom. The van der Waals surface area contributed by atoms with Crippen LogP contribution in [0, 0.1) is 0 Å². The summed E-state index contributed by atoms with van der Waals surface area (Å²) in [6, 6.07) is 9.05. The summed E-state index contributed by atoms with van der Waals surface area (Å²) >= 11 is 5.61. The summed E-state index contributed by atoms with van der Waals surface area (Å²) in [5, 5.41) is 0. The normalized spacial score (nSPS) is 20.0. The number of thiocarbonyl (C=S) groups is 1. The molecule has 0 bridgehead atoms. The zero-order valence-corrected chi connectivity index (χ0v) is 14.8. The third-order valence-electron chi connectivity index (χ3n) is 4.88. The second-order valence-electron chi connectivity index (χ2n) is 6.59. The highest BCUT2D eigenvalue weighted by Crippen LogP contribution is 2.20. The lowest BCUT2D eigenvalue weighted by atomic mass is 10.1. The van der Waals surface area contributed by atoms with Crippen LogP contribution in [0.4, 0.5) is 5.69 Å². The summed E-state index contributed by atoms with van der Waals surface area (Å²) in [5.74, 6) is 0. The first-order valence-corrected chi connectivity index (χ1v) is 9.43. The van der Waals surface area contributed by atoms with Crippen LogP contribution in [0.1, 0.15) is 37.7 Å². The summed E-state index contributed by atoms with van der Waals surface area (Å²) in [4.78, 5) is 5.88. The van der Waals surface area contributed by atoms with Gasteiger partial charge in [-0.3, -0.25) is 0 Å². The van der Waals surface area contributed by atoms with Crippen molar-refractivity contribution < 1.29 is 4.74 Å². The Bertz CT molecular complexity index is 489. The maximum atomic E-state index is 5.61. The van der Waals surface area contributed by atoms with Crippen molar-refractivity contribution >= 4 is 22.9 Å². The predicted molar refractivity (Wildman–Crippen MR) is 100 cm³/mol. The van der Waals surface area contributed by atoms with Gasteiger partial charge in [-0.1, -0.05) is 43.6 Å². The Morgan fingerprint density at radius 2 is 1.48 bits per heavy atom. The predicted octanol–water partition coefficient (Wildman–Crippen LogP) is 3.66. The molecule has 23 heavy (non-hydrogen) atoms. The lowest BCUT2D eigenvalue weighted by Gasteiger charge is -2.29. The molecule has 1 aromatic rings. The largest absolute Gasteiger partial charge is 0.378 e. The molecule has 0 atom stereocenters. The number of morpholine rings is 1. The molecule has 0 spiro atoms. The van der Waals surface area contributed by atoms with E-state index in [2.05, 4.69) is 34.1 Å². The molecule has 0 aromatic heterocycles. The molecule has 126 valence electrons. The Labute approximate surface area is 145 Å². The summed E-state index contributed by atoms with van der Waals surface area (Å²) in [5.41, 5.74) is 2.69. The van der Waals surface area contributed by atoms with Gasteiger partial charge in [0.05, 0.1) is 18.2 Å². The highest BCUT2D eigenvalue weighted by molar-refractivity contribution is 7.80. The minimum Gasteiger partial charge on any atom is -0.378 e. The zero-order valence-electron chi connectivity index (χ0n) is 14.0. The van der Waals surface area contributed by atoms with Crippen LogP contribution in [-0.4, -0.2) is 49.3 Å². The topological polar surface area (TPSA) is 15.7 Å². The van der Waals surface area contributed by atoms with E-state index >= 15 is 0 Å². The van der Waals surface area contributed by atoms with Crippen molar-refractivity contribution in [1.29, 1.82) is 0 Å². The lowest BCUT2D eigenvalue weighted by Crippen LogP contribution is -2.40. The van der Waals surface area contributed by atoms with E-state index < -0.39 is 0 Å². The van der Waals surface area contributed by atoms with E-state index in [1.165, 1.54) is 56.4 Å². The second-order valence-corrected chi connectivity index (χ2v) is 7.06.